The third-order valence-corrected chi connectivity index (χ3v) is 6.45. The Bertz CT molecular complexity index is 1030. The number of thiazole rings is 1. The fourth-order valence-electron chi connectivity index (χ4n) is 3.71. The summed E-state index contributed by atoms with van der Waals surface area (Å²) < 4.78 is 1.61. The average Bonchev–Trinajstić information content (AvgIpc) is 3.31. The molecule has 10 heteroatoms. The number of carbonyl (C=O) groups excluding carboxylic acids is 1. The number of hydrogen-bond acceptors (Lipinski definition) is 8. The van der Waals surface area contributed by atoms with E-state index in [0.717, 1.165) is 61.8 Å². The van der Waals surface area contributed by atoms with Crippen LogP contribution in [0, 0.1) is 13.8 Å². The van der Waals surface area contributed by atoms with Crippen molar-refractivity contribution in [1.82, 2.24) is 34.4 Å². The van der Waals surface area contributed by atoms with Crippen molar-refractivity contribution < 1.29 is 4.79 Å². The molecule has 0 bridgehead atoms. The lowest BCUT2D eigenvalue weighted by atomic mass is 10.1. The largest absolute Gasteiger partial charge is 0.366 e. The zero-order chi connectivity index (χ0) is 20.5. The van der Waals surface area contributed by atoms with Crippen LogP contribution in [-0.2, 0) is 24.2 Å². The summed E-state index contributed by atoms with van der Waals surface area (Å²) in [6.07, 6.45) is 1.29. The third-order valence-electron chi connectivity index (χ3n) is 5.41. The van der Waals surface area contributed by atoms with E-state index in [0.29, 0.717) is 12.2 Å². The second-order valence-corrected chi connectivity index (χ2v) is 8.31. The molecular weight excluding hydrogens is 388 g/mol. The molecule has 0 aliphatic carbocycles. The molecule has 1 aliphatic rings. The lowest BCUT2D eigenvalue weighted by Gasteiger charge is -2.34. The van der Waals surface area contributed by atoms with Crippen LogP contribution in [0.2, 0.25) is 0 Å². The first-order chi connectivity index (χ1) is 13.9. The monoisotopic (exact) mass is 414 g/mol. The molecule has 0 radical (unpaired) electrons. The maximum Gasteiger partial charge on any atom is 0.254 e. The minimum atomic E-state index is 0.118. The summed E-state index contributed by atoms with van der Waals surface area (Å²) in [6.45, 7) is 9.98. The second-order valence-electron chi connectivity index (χ2n) is 7.36. The maximum atomic E-state index is 12.9. The molecule has 1 fully saturated rings. The molecular formula is C19H26N8OS. The third kappa shape index (κ3) is 4.08. The SMILES string of the molecule is CCc1nc(CN2CCN(C(=O)Cc3c(C)nc4nc(N)nn4c3C)CC2)cs1. The van der Waals surface area contributed by atoms with Gasteiger partial charge in [-0.05, 0) is 20.3 Å². The highest BCUT2D eigenvalue weighted by Crippen LogP contribution is 2.17. The topological polar surface area (TPSA) is 106 Å². The van der Waals surface area contributed by atoms with Crippen molar-refractivity contribution in [3.05, 3.63) is 33.0 Å². The smallest absolute Gasteiger partial charge is 0.254 e. The second kappa shape index (κ2) is 8.03. The van der Waals surface area contributed by atoms with Gasteiger partial charge in [0.25, 0.3) is 5.78 Å². The van der Waals surface area contributed by atoms with Gasteiger partial charge in [0.2, 0.25) is 11.9 Å². The summed E-state index contributed by atoms with van der Waals surface area (Å²) >= 11 is 1.72. The van der Waals surface area contributed by atoms with Gasteiger partial charge in [0.05, 0.1) is 17.1 Å². The van der Waals surface area contributed by atoms with E-state index >= 15 is 0 Å². The fourth-order valence-corrected chi connectivity index (χ4v) is 4.45. The molecule has 9 nitrogen and oxygen atoms in total. The summed E-state index contributed by atoms with van der Waals surface area (Å²) in [5, 5.41) is 7.50. The average molecular weight is 415 g/mol. The van der Waals surface area contributed by atoms with Crippen molar-refractivity contribution in [1.29, 1.82) is 0 Å². The first kappa shape index (κ1) is 19.7. The Morgan fingerprint density at radius 1 is 1.17 bits per heavy atom. The minimum Gasteiger partial charge on any atom is -0.366 e. The van der Waals surface area contributed by atoms with Crippen LogP contribution in [0.4, 0.5) is 5.95 Å². The van der Waals surface area contributed by atoms with Crippen molar-refractivity contribution in [3.8, 4) is 0 Å². The number of rotatable bonds is 5. The number of anilines is 1. The van der Waals surface area contributed by atoms with Crippen molar-refractivity contribution in [3.63, 3.8) is 0 Å². The van der Waals surface area contributed by atoms with Crippen molar-refractivity contribution in [2.45, 2.75) is 40.2 Å². The van der Waals surface area contributed by atoms with Crippen molar-refractivity contribution in [2.24, 2.45) is 0 Å². The van der Waals surface area contributed by atoms with Crippen LogP contribution in [0.25, 0.3) is 5.78 Å². The molecule has 1 saturated heterocycles. The van der Waals surface area contributed by atoms with Crippen LogP contribution in [0.3, 0.4) is 0 Å². The molecule has 154 valence electrons. The number of fused-ring (bicyclic) bond motifs is 1. The van der Waals surface area contributed by atoms with Crippen LogP contribution in [-0.4, -0.2) is 66.5 Å². The Labute approximate surface area is 173 Å². The number of nitrogens with two attached hydrogens (primary N) is 1. The summed E-state index contributed by atoms with van der Waals surface area (Å²) in [6, 6.07) is 0. The molecule has 0 atom stereocenters. The first-order valence-corrected chi connectivity index (χ1v) is 10.7. The van der Waals surface area contributed by atoms with Gasteiger partial charge in [0.1, 0.15) is 0 Å². The van der Waals surface area contributed by atoms with Gasteiger partial charge in [-0.25, -0.2) is 9.97 Å². The summed E-state index contributed by atoms with van der Waals surface area (Å²) in [5.41, 5.74) is 9.37. The van der Waals surface area contributed by atoms with Crippen LogP contribution in [0.15, 0.2) is 5.38 Å². The van der Waals surface area contributed by atoms with Gasteiger partial charge >= 0.3 is 0 Å². The number of nitrogen functional groups attached to an aromatic ring is 1. The van der Waals surface area contributed by atoms with Gasteiger partial charge in [-0.1, -0.05) is 6.92 Å². The zero-order valence-electron chi connectivity index (χ0n) is 17.1. The highest BCUT2D eigenvalue weighted by Gasteiger charge is 2.24. The van der Waals surface area contributed by atoms with Gasteiger partial charge in [-0.3, -0.25) is 9.69 Å². The minimum absolute atomic E-state index is 0.118. The highest BCUT2D eigenvalue weighted by molar-refractivity contribution is 7.09. The molecule has 0 aromatic carbocycles. The Hall–Kier alpha value is -2.59. The number of piperazine rings is 1. The zero-order valence-corrected chi connectivity index (χ0v) is 17.9. The Morgan fingerprint density at radius 3 is 2.62 bits per heavy atom. The molecule has 0 spiro atoms. The van der Waals surface area contributed by atoms with E-state index in [1.54, 1.807) is 15.9 Å². The molecule has 3 aromatic heterocycles. The Balaban J connectivity index is 1.38. The quantitative estimate of drug-likeness (QED) is 0.669. The number of carbonyl (C=O) groups is 1. The highest BCUT2D eigenvalue weighted by atomic mass is 32.1. The number of aryl methyl sites for hydroxylation is 3. The van der Waals surface area contributed by atoms with Gasteiger partial charge in [0.15, 0.2) is 0 Å². The summed E-state index contributed by atoms with van der Waals surface area (Å²) in [4.78, 5) is 30.4. The number of nitrogens with zero attached hydrogens (tertiary/aromatic N) is 7. The van der Waals surface area contributed by atoms with Crippen LogP contribution < -0.4 is 5.73 Å². The van der Waals surface area contributed by atoms with Crippen LogP contribution in [0.5, 0.6) is 0 Å². The van der Waals surface area contributed by atoms with Gasteiger partial charge in [0, 0.05) is 55.1 Å². The summed E-state index contributed by atoms with van der Waals surface area (Å²) in [5.74, 6) is 0.772. The van der Waals surface area contributed by atoms with E-state index in [4.69, 9.17) is 5.73 Å². The molecule has 29 heavy (non-hydrogen) atoms. The molecule has 1 aliphatic heterocycles. The van der Waals surface area contributed by atoms with Crippen LogP contribution >= 0.6 is 11.3 Å². The van der Waals surface area contributed by atoms with Crippen LogP contribution in [0.1, 0.15) is 34.6 Å². The van der Waals surface area contributed by atoms with E-state index < -0.39 is 0 Å². The number of hydrogen-bond donors (Lipinski definition) is 1. The molecule has 4 rings (SSSR count). The first-order valence-electron chi connectivity index (χ1n) is 9.86. The molecule has 4 heterocycles. The van der Waals surface area contributed by atoms with Gasteiger partial charge in [-0.2, -0.15) is 9.50 Å². The number of aromatic nitrogens is 5. The standard InChI is InChI=1S/C19H26N8OS/c1-4-16-22-14(11-29-16)10-25-5-7-26(8-6-25)17(28)9-15-12(2)21-19-23-18(20)24-27(19)13(15)3/h11H,4-10H2,1-3H3,(H2,20,24). The molecule has 0 unspecified atom stereocenters. The molecule has 3 aromatic rings. The van der Waals surface area contributed by atoms with E-state index in [9.17, 15) is 4.79 Å². The predicted molar refractivity (Wildman–Crippen MR) is 112 cm³/mol. The van der Waals surface area contributed by atoms with E-state index in [1.807, 2.05) is 18.7 Å². The molecule has 1 amide bonds. The predicted octanol–water partition coefficient (Wildman–Crippen LogP) is 1.23. The lowest BCUT2D eigenvalue weighted by Crippen LogP contribution is -2.48. The number of amides is 1. The van der Waals surface area contributed by atoms with E-state index in [-0.39, 0.29) is 11.9 Å². The summed E-state index contributed by atoms with van der Waals surface area (Å²) in [7, 11) is 0. The lowest BCUT2D eigenvalue weighted by molar-refractivity contribution is -0.132. The molecule has 2 N–H and O–H groups in total. The van der Waals surface area contributed by atoms with Gasteiger partial charge < -0.3 is 10.6 Å². The van der Waals surface area contributed by atoms with E-state index in [2.05, 4.69) is 37.3 Å². The fraction of sp³-hybridized carbons (Fsp3) is 0.526. The van der Waals surface area contributed by atoms with E-state index in [1.165, 1.54) is 5.01 Å². The molecule has 0 saturated carbocycles. The normalized spacial score (nSPS) is 15.3. The maximum absolute atomic E-state index is 12.9. The Morgan fingerprint density at radius 2 is 1.93 bits per heavy atom. The van der Waals surface area contributed by atoms with Gasteiger partial charge in [-0.15, -0.1) is 16.4 Å². The van der Waals surface area contributed by atoms with Crippen molar-refractivity contribution in [2.75, 3.05) is 31.9 Å². The Kier molecular flexibility index (Phi) is 5.46. The van der Waals surface area contributed by atoms with Crippen molar-refractivity contribution >= 4 is 29.0 Å².